The van der Waals surface area contributed by atoms with Crippen molar-refractivity contribution in [3.63, 3.8) is 0 Å². The Labute approximate surface area is 84.5 Å². The molecule has 0 N–H and O–H groups in total. The van der Waals surface area contributed by atoms with Gasteiger partial charge in [0, 0.05) is 23.9 Å². The van der Waals surface area contributed by atoms with Crippen LogP contribution in [0, 0.1) is 0 Å². The van der Waals surface area contributed by atoms with Crippen LogP contribution in [-0.4, -0.2) is 20.1 Å². The summed E-state index contributed by atoms with van der Waals surface area (Å²) in [5.41, 5.74) is 1.35. The van der Waals surface area contributed by atoms with Gasteiger partial charge in [-0.25, -0.2) is 0 Å². The first kappa shape index (κ1) is 9.04. The summed E-state index contributed by atoms with van der Waals surface area (Å²) in [6, 6.07) is 8.25. The highest BCUT2D eigenvalue weighted by molar-refractivity contribution is 6.30. The monoisotopic (exact) mass is 196 g/mol. The van der Waals surface area contributed by atoms with Crippen molar-refractivity contribution in [2.75, 3.05) is 20.1 Å². The van der Waals surface area contributed by atoms with Gasteiger partial charge in [0.15, 0.2) is 0 Å². The smallest absolute Gasteiger partial charge is 0.134 e. The van der Waals surface area contributed by atoms with E-state index in [1.54, 1.807) is 0 Å². The predicted octanol–water partition coefficient (Wildman–Crippen LogP) is 3.07. The molecule has 0 aliphatic carbocycles. The van der Waals surface area contributed by atoms with Crippen LogP contribution < -0.4 is 4.48 Å². The summed E-state index contributed by atoms with van der Waals surface area (Å²) in [5.74, 6) is 0. The van der Waals surface area contributed by atoms with Crippen LogP contribution in [0.2, 0.25) is 5.02 Å². The van der Waals surface area contributed by atoms with Gasteiger partial charge < -0.3 is 0 Å². The van der Waals surface area contributed by atoms with Crippen LogP contribution in [0.4, 0.5) is 5.69 Å². The normalized spacial score (nSPS) is 20.5. The number of hydrogen-bond acceptors (Lipinski definition) is 0. The van der Waals surface area contributed by atoms with Gasteiger partial charge in [-0.05, 0) is 12.1 Å². The topological polar surface area (TPSA) is 0 Å². The Morgan fingerprint density at radius 3 is 2.54 bits per heavy atom. The van der Waals surface area contributed by atoms with E-state index in [1.165, 1.54) is 31.6 Å². The fourth-order valence-electron chi connectivity index (χ4n) is 2.10. The molecule has 0 amide bonds. The summed E-state index contributed by atoms with van der Waals surface area (Å²) in [6.07, 6.45) is 2.67. The first-order valence-corrected chi connectivity index (χ1v) is 5.19. The summed E-state index contributed by atoms with van der Waals surface area (Å²) in [5, 5.41) is 0.851. The van der Waals surface area contributed by atoms with E-state index in [-0.39, 0.29) is 0 Å². The number of quaternary nitrogens is 1. The SMILES string of the molecule is C[N+]1(c2cccc(Cl)c2)CCCC1. The first-order chi connectivity index (χ1) is 6.21. The Bertz CT molecular complexity index is 303. The lowest BCUT2D eigenvalue weighted by Gasteiger charge is -2.28. The molecule has 13 heavy (non-hydrogen) atoms. The largest absolute Gasteiger partial charge is 0.293 e. The number of rotatable bonds is 1. The van der Waals surface area contributed by atoms with Gasteiger partial charge in [-0.3, -0.25) is 4.48 Å². The van der Waals surface area contributed by atoms with Crippen LogP contribution in [0.3, 0.4) is 0 Å². The summed E-state index contributed by atoms with van der Waals surface area (Å²) in [6.45, 7) is 2.50. The van der Waals surface area contributed by atoms with Crippen molar-refractivity contribution in [3.05, 3.63) is 29.3 Å². The highest BCUT2D eigenvalue weighted by Gasteiger charge is 2.29. The highest BCUT2D eigenvalue weighted by Crippen LogP contribution is 2.28. The third kappa shape index (κ3) is 1.72. The van der Waals surface area contributed by atoms with Gasteiger partial charge in [0.25, 0.3) is 0 Å². The molecule has 0 saturated carbocycles. The Kier molecular flexibility index (Phi) is 2.31. The summed E-state index contributed by atoms with van der Waals surface area (Å²) < 4.78 is 1.06. The van der Waals surface area contributed by atoms with E-state index >= 15 is 0 Å². The minimum atomic E-state index is 0.851. The van der Waals surface area contributed by atoms with E-state index in [0.717, 1.165) is 9.51 Å². The van der Waals surface area contributed by atoms with Crippen molar-refractivity contribution >= 4 is 17.3 Å². The molecular formula is C11H15ClN+. The highest BCUT2D eigenvalue weighted by atomic mass is 35.5. The van der Waals surface area contributed by atoms with Crippen LogP contribution in [0.25, 0.3) is 0 Å². The molecule has 2 heteroatoms. The first-order valence-electron chi connectivity index (χ1n) is 4.81. The Morgan fingerprint density at radius 1 is 1.23 bits per heavy atom. The molecule has 2 rings (SSSR count). The quantitative estimate of drug-likeness (QED) is 0.606. The van der Waals surface area contributed by atoms with E-state index in [9.17, 15) is 0 Å². The molecule has 1 heterocycles. The molecule has 1 nitrogen and oxygen atoms in total. The molecule has 1 aliphatic heterocycles. The third-order valence-electron chi connectivity index (χ3n) is 2.98. The molecule has 0 atom stereocenters. The van der Waals surface area contributed by atoms with E-state index in [0.29, 0.717) is 0 Å². The average molecular weight is 197 g/mol. The number of likely N-dealkylation sites (tertiary alicyclic amines) is 1. The van der Waals surface area contributed by atoms with Crippen molar-refractivity contribution in [1.29, 1.82) is 0 Å². The summed E-state index contributed by atoms with van der Waals surface area (Å²) >= 11 is 5.98. The molecule has 0 spiro atoms. The lowest BCUT2D eigenvalue weighted by molar-refractivity contribution is 0.406. The lowest BCUT2D eigenvalue weighted by atomic mass is 10.2. The van der Waals surface area contributed by atoms with Gasteiger partial charge in [-0.15, -0.1) is 0 Å². The van der Waals surface area contributed by atoms with Crippen molar-refractivity contribution in [3.8, 4) is 0 Å². The van der Waals surface area contributed by atoms with Crippen LogP contribution in [0.15, 0.2) is 24.3 Å². The molecule has 1 saturated heterocycles. The summed E-state index contributed by atoms with van der Waals surface area (Å²) in [4.78, 5) is 0. The molecule has 1 aromatic rings. The minimum Gasteiger partial charge on any atom is -0.293 e. The number of nitrogens with zero attached hydrogens (tertiary/aromatic N) is 1. The zero-order valence-electron chi connectivity index (χ0n) is 7.96. The molecule has 1 aromatic carbocycles. The van der Waals surface area contributed by atoms with Gasteiger partial charge in [-0.2, -0.15) is 0 Å². The van der Waals surface area contributed by atoms with Gasteiger partial charge in [0.2, 0.25) is 0 Å². The van der Waals surface area contributed by atoms with Gasteiger partial charge in [-0.1, -0.05) is 17.7 Å². The average Bonchev–Trinajstić information content (AvgIpc) is 2.54. The Hall–Kier alpha value is -0.530. The van der Waals surface area contributed by atoms with Gasteiger partial charge >= 0.3 is 0 Å². The Morgan fingerprint density at radius 2 is 1.92 bits per heavy atom. The van der Waals surface area contributed by atoms with Crippen LogP contribution in [0.5, 0.6) is 0 Å². The van der Waals surface area contributed by atoms with Crippen LogP contribution in [-0.2, 0) is 0 Å². The van der Waals surface area contributed by atoms with Crippen LogP contribution in [0.1, 0.15) is 12.8 Å². The molecule has 0 bridgehead atoms. The van der Waals surface area contributed by atoms with E-state index in [4.69, 9.17) is 11.6 Å². The van der Waals surface area contributed by atoms with E-state index in [1.807, 2.05) is 12.1 Å². The number of benzene rings is 1. The molecule has 0 unspecified atom stereocenters. The van der Waals surface area contributed by atoms with E-state index < -0.39 is 0 Å². The van der Waals surface area contributed by atoms with Crippen LogP contribution >= 0.6 is 11.6 Å². The van der Waals surface area contributed by atoms with Crippen molar-refractivity contribution in [2.45, 2.75) is 12.8 Å². The van der Waals surface area contributed by atoms with Gasteiger partial charge in [0.1, 0.15) is 5.69 Å². The van der Waals surface area contributed by atoms with E-state index in [2.05, 4.69) is 19.2 Å². The second-order valence-corrected chi connectivity index (χ2v) is 4.47. The standard InChI is InChI=1S/C11H15ClN/c1-13(7-2-3-8-13)11-6-4-5-10(12)9-11/h4-6,9H,2-3,7-8H2,1H3/q+1. The summed E-state index contributed by atoms with van der Waals surface area (Å²) in [7, 11) is 2.29. The predicted molar refractivity (Wildman–Crippen MR) is 58.1 cm³/mol. The van der Waals surface area contributed by atoms with Gasteiger partial charge in [0.05, 0.1) is 20.1 Å². The molecule has 0 aromatic heterocycles. The molecule has 1 aliphatic rings. The van der Waals surface area contributed by atoms with Crippen molar-refractivity contribution in [1.82, 2.24) is 4.48 Å². The zero-order chi connectivity index (χ0) is 9.31. The molecular weight excluding hydrogens is 182 g/mol. The molecule has 70 valence electrons. The van der Waals surface area contributed by atoms with Crippen molar-refractivity contribution < 1.29 is 0 Å². The second-order valence-electron chi connectivity index (χ2n) is 4.03. The van der Waals surface area contributed by atoms with Crippen molar-refractivity contribution in [2.24, 2.45) is 0 Å². The maximum atomic E-state index is 5.98. The fraction of sp³-hybridized carbons (Fsp3) is 0.455. The lowest BCUT2D eigenvalue weighted by Crippen LogP contribution is -2.41. The zero-order valence-corrected chi connectivity index (χ0v) is 8.72. The second kappa shape index (κ2) is 3.32. The fourth-order valence-corrected chi connectivity index (χ4v) is 2.29. The molecule has 1 fully saturated rings. The number of hydrogen-bond donors (Lipinski definition) is 0. The maximum absolute atomic E-state index is 5.98. The minimum absolute atomic E-state index is 0.851. The molecule has 0 radical (unpaired) electrons. The maximum Gasteiger partial charge on any atom is 0.134 e. The Balaban J connectivity index is 2.33. The third-order valence-corrected chi connectivity index (χ3v) is 3.22. The number of halogens is 1.